The smallest absolute Gasteiger partial charge is 0.115 e. The minimum Gasteiger partial charge on any atom is -0.508 e. The second-order valence-corrected chi connectivity index (χ2v) is 4.85. The van der Waals surface area contributed by atoms with E-state index in [2.05, 4.69) is 17.4 Å². The minimum absolute atomic E-state index is 0.270. The van der Waals surface area contributed by atoms with E-state index in [9.17, 15) is 5.11 Å². The van der Waals surface area contributed by atoms with E-state index in [-0.39, 0.29) is 6.04 Å². The standard InChI is InChI=1S/C16H17NO2/c18-14-8-6-12(7-9-14)15-10-19-11-16(15)17-13-4-2-1-3-5-13/h1-9,15-18H,10-11H2/t15-,16-/m0/s1. The summed E-state index contributed by atoms with van der Waals surface area (Å²) in [5.41, 5.74) is 2.31. The Balaban J connectivity index is 1.76. The van der Waals surface area contributed by atoms with Gasteiger partial charge in [0.05, 0.1) is 19.3 Å². The Hall–Kier alpha value is -2.00. The molecular formula is C16H17NO2. The minimum atomic E-state index is 0.270. The molecule has 98 valence electrons. The molecule has 0 bridgehead atoms. The number of aromatic hydroxyl groups is 1. The number of benzene rings is 2. The molecule has 3 heteroatoms. The number of phenols is 1. The van der Waals surface area contributed by atoms with Crippen LogP contribution in [0.3, 0.4) is 0 Å². The van der Waals surface area contributed by atoms with Crippen molar-refractivity contribution in [2.75, 3.05) is 18.5 Å². The summed E-state index contributed by atoms with van der Waals surface area (Å²) in [5, 5.41) is 12.9. The van der Waals surface area contributed by atoms with Crippen molar-refractivity contribution in [3.8, 4) is 5.75 Å². The van der Waals surface area contributed by atoms with Gasteiger partial charge in [-0.2, -0.15) is 0 Å². The third kappa shape index (κ3) is 2.71. The fraction of sp³-hybridized carbons (Fsp3) is 0.250. The molecular weight excluding hydrogens is 238 g/mol. The molecule has 0 unspecified atom stereocenters. The number of anilines is 1. The van der Waals surface area contributed by atoms with Gasteiger partial charge in [-0.05, 0) is 29.8 Å². The topological polar surface area (TPSA) is 41.5 Å². The van der Waals surface area contributed by atoms with Crippen molar-refractivity contribution in [3.63, 3.8) is 0 Å². The maximum Gasteiger partial charge on any atom is 0.115 e. The fourth-order valence-corrected chi connectivity index (χ4v) is 2.50. The summed E-state index contributed by atoms with van der Waals surface area (Å²) in [6, 6.07) is 17.8. The van der Waals surface area contributed by atoms with Crippen molar-refractivity contribution < 1.29 is 9.84 Å². The zero-order valence-corrected chi connectivity index (χ0v) is 10.6. The van der Waals surface area contributed by atoms with Gasteiger partial charge in [0.25, 0.3) is 0 Å². The first-order valence-electron chi connectivity index (χ1n) is 6.51. The summed E-state index contributed by atoms with van der Waals surface area (Å²) in [4.78, 5) is 0. The van der Waals surface area contributed by atoms with Crippen molar-refractivity contribution >= 4 is 5.69 Å². The third-order valence-electron chi connectivity index (χ3n) is 3.53. The maximum atomic E-state index is 9.35. The van der Waals surface area contributed by atoms with Gasteiger partial charge in [-0.25, -0.2) is 0 Å². The molecule has 1 saturated heterocycles. The summed E-state index contributed by atoms with van der Waals surface area (Å²) in [5.74, 6) is 0.621. The Labute approximate surface area is 112 Å². The number of nitrogens with one attached hydrogen (secondary N) is 1. The van der Waals surface area contributed by atoms with Crippen LogP contribution in [0.25, 0.3) is 0 Å². The van der Waals surface area contributed by atoms with Gasteiger partial charge < -0.3 is 15.2 Å². The molecule has 2 atom stereocenters. The van der Waals surface area contributed by atoms with Crippen molar-refractivity contribution in [2.45, 2.75) is 12.0 Å². The Morgan fingerprint density at radius 2 is 1.68 bits per heavy atom. The second-order valence-electron chi connectivity index (χ2n) is 4.85. The van der Waals surface area contributed by atoms with Gasteiger partial charge in [0.1, 0.15) is 5.75 Å². The van der Waals surface area contributed by atoms with Crippen LogP contribution in [0, 0.1) is 0 Å². The summed E-state index contributed by atoms with van der Waals surface area (Å²) >= 11 is 0. The van der Waals surface area contributed by atoms with Crippen LogP contribution in [0.2, 0.25) is 0 Å². The van der Waals surface area contributed by atoms with Gasteiger partial charge in [-0.15, -0.1) is 0 Å². The molecule has 3 nitrogen and oxygen atoms in total. The molecule has 1 aliphatic rings. The molecule has 19 heavy (non-hydrogen) atoms. The first-order chi connectivity index (χ1) is 9.33. The van der Waals surface area contributed by atoms with Gasteiger partial charge >= 0.3 is 0 Å². The molecule has 2 N–H and O–H groups in total. The number of phenolic OH excluding ortho intramolecular Hbond substituents is 1. The Morgan fingerprint density at radius 1 is 0.947 bits per heavy atom. The molecule has 1 aliphatic heterocycles. The summed E-state index contributed by atoms with van der Waals surface area (Å²) < 4.78 is 5.60. The first kappa shape index (κ1) is 12.1. The van der Waals surface area contributed by atoms with Crippen LogP contribution in [-0.2, 0) is 4.74 Å². The fourth-order valence-electron chi connectivity index (χ4n) is 2.50. The Morgan fingerprint density at radius 3 is 2.42 bits per heavy atom. The Bertz CT molecular complexity index is 524. The average Bonchev–Trinajstić information content (AvgIpc) is 2.89. The lowest BCUT2D eigenvalue weighted by molar-refractivity contribution is 0.192. The number of hydrogen-bond donors (Lipinski definition) is 2. The lowest BCUT2D eigenvalue weighted by atomic mass is 9.94. The van der Waals surface area contributed by atoms with E-state index in [1.807, 2.05) is 30.3 Å². The number of rotatable bonds is 3. The van der Waals surface area contributed by atoms with Crippen molar-refractivity contribution in [1.29, 1.82) is 0 Å². The molecule has 0 aromatic heterocycles. The number of ether oxygens (including phenoxy) is 1. The van der Waals surface area contributed by atoms with Crippen LogP contribution in [0.5, 0.6) is 5.75 Å². The van der Waals surface area contributed by atoms with Crippen LogP contribution in [-0.4, -0.2) is 24.4 Å². The van der Waals surface area contributed by atoms with Crippen molar-refractivity contribution in [1.82, 2.24) is 0 Å². The van der Waals surface area contributed by atoms with Gasteiger partial charge in [-0.1, -0.05) is 30.3 Å². The van der Waals surface area contributed by atoms with Crippen LogP contribution in [0.1, 0.15) is 11.5 Å². The predicted octanol–water partition coefficient (Wildman–Crippen LogP) is 2.99. The molecule has 0 radical (unpaired) electrons. The van der Waals surface area contributed by atoms with Gasteiger partial charge in [0.15, 0.2) is 0 Å². The molecule has 3 rings (SSSR count). The molecule has 1 heterocycles. The first-order valence-corrected chi connectivity index (χ1v) is 6.51. The van der Waals surface area contributed by atoms with Crippen LogP contribution >= 0.6 is 0 Å². The van der Waals surface area contributed by atoms with Crippen molar-refractivity contribution in [2.24, 2.45) is 0 Å². The van der Waals surface area contributed by atoms with E-state index in [0.717, 1.165) is 12.3 Å². The average molecular weight is 255 g/mol. The largest absolute Gasteiger partial charge is 0.508 e. The normalized spacial score (nSPS) is 22.3. The number of para-hydroxylation sites is 1. The highest BCUT2D eigenvalue weighted by atomic mass is 16.5. The number of hydrogen-bond acceptors (Lipinski definition) is 3. The monoisotopic (exact) mass is 255 g/mol. The zero-order valence-electron chi connectivity index (χ0n) is 10.6. The zero-order chi connectivity index (χ0) is 13.1. The quantitative estimate of drug-likeness (QED) is 0.886. The molecule has 1 fully saturated rings. The van der Waals surface area contributed by atoms with Gasteiger partial charge in [-0.3, -0.25) is 0 Å². The lowest BCUT2D eigenvalue weighted by Gasteiger charge is -2.20. The summed E-state index contributed by atoms with van der Waals surface area (Å²) in [6.07, 6.45) is 0. The molecule has 0 aliphatic carbocycles. The Kier molecular flexibility index (Phi) is 3.38. The van der Waals surface area contributed by atoms with E-state index >= 15 is 0 Å². The van der Waals surface area contributed by atoms with Crippen LogP contribution in [0.4, 0.5) is 5.69 Å². The highest BCUT2D eigenvalue weighted by Gasteiger charge is 2.29. The second kappa shape index (κ2) is 5.33. The molecule has 2 aromatic rings. The maximum absolute atomic E-state index is 9.35. The van der Waals surface area contributed by atoms with Gasteiger partial charge in [0.2, 0.25) is 0 Å². The highest BCUT2D eigenvalue weighted by molar-refractivity contribution is 5.45. The third-order valence-corrected chi connectivity index (χ3v) is 3.53. The van der Waals surface area contributed by atoms with Crippen LogP contribution < -0.4 is 5.32 Å². The van der Waals surface area contributed by atoms with E-state index in [0.29, 0.717) is 18.3 Å². The van der Waals surface area contributed by atoms with E-state index in [4.69, 9.17) is 4.74 Å². The molecule has 0 amide bonds. The molecule has 0 saturated carbocycles. The van der Waals surface area contributed by atoms with E-state index in [1.54, 1.807) is 12.1 Å². The van der Waals surface area contributed by atoms with Gasteiger partial charge in [0, 0.05) is 11.6 Å². The predicted molar refractivity (Wildman–Crippen MR) is 75.5 cm³/mol. The lowest BCUT2D eigenvalue weighted by Crippen LogP contribution is -2.26. The highest BCUT2D eigenvalue weighted by Crippen LogP contribution is 2.29. The van der Waals surface area contributed by atoms with Crippen molar-refractivity contribution in [3.05, 3.63) is 60.2 Å². The summed E-state index contributed by atoms with van der Waals surface area (Å²) in [6.45, 7) is 1.43. The SMILES string of the molecule is Oc1ccc([C@@H]2COC[C@@H]2Nc2ccccc2)cc1. The summed E-state index contributed by atoms with van der Waals surface area (Å²) in [7, 11) is 0. The van der Waals surface area contributed by atoms with E-state index < -0.39 is 0 Å². The molecule has 2 aromatic carbocycles. The van der Waals surface area contributed by atoms with E-state index in [1.165, 1.54) is 5.56 Å². The van der Waals surface area contributed by atoms with Crippen LogP contribution in [0.15, 0.2) is 54.6 Å². The molecule has 0 spiro atoms.